The molecule has 14 nitrogen and oxygen atoms in total. The molecule has 0 aliphatic heterocycles. The van der Waals surface area contributed by atoms with Gasteiger partial charge in [0.25, 0.3) is 0 Å². The maximum absolute atomic E-state index is 11.6. The van der Waals surface area contributed by atoms with Gasteiger partial charge in [-0.25, -0.2) is 9.59 Å². The second-order valence-electron chi connectivity index (χ2n) is 8.48. The van der Waals surface area contributed by atoms with E-state index in [1.165, 1.54) is 60.2 Å². The SMILES string of the molecule is COC(=O)CCN(CCC(=O)OC)CCN(C)CCN(C)CCN(CCC(=O)OOI)CCC(=O)OOI. The lowest BCUT2D eigenvalue weighted by molar-refractivity contribution is -0.196. The Kier molecular flexibility index (Phi) is 23.4. The van der Waals surface area contributed by atoms with Crippen LogP contribution in [0.15, 0.2) is 0 Å². The van der Waals surface area contributed by atoms with Crippen molar-refractivity contribution in [2.75, 3.05) is 93.8 Å². The molecule has 0 aromatic heterocycles. The highest BCUT2D eigenvalue weighted by atomic mass is 127. The number of rotatable bonds is 23. The molecular formula is C22H40I2N4O10. The number of halogens is 2. The standard InChI is InChI=1S/C22H40I2N4O10/c1-25(15-17-27(9-5-19(29)33-3)10-6-20(30)34-4)13-14-26(2)16-18-28(11-7-21(31)35-37-23)12-8-22(32)36-38-24/h5-18H2,1-4H3. The smallest absolute Gasteiger partial charge is 0.344 e. The van der Waals surface area contributed by atoms with E-state index in [9.17, 15) is 19.2 Å². The quantitative estimate of drug-likeness (QED) is 0.0633. The topological polar surface area (TPSA) is 137 Å². The second kappa shape index (κ2) is 23.9. The van der Waals surface area contributed by atoms with E-state index in [1.54, 1.807) is 0 Å². The Labute approximate surface area is 252 Å². The highest BCUT2D eigenvalue weighted by molar-refractivity contribution is 14.1. The fraction of sp³-hybridized carbons (Fsp3) is 0.818. The number of hydrogen-bond acceptors (Lipinski definition) is 14. The summed E-state index contributed by atoms with van der Waals surface area (Å²) < 4.78 is 18.2. The average Bonchev–Trinajstić information content (AvgIpc) is 2.90. The highest BCUT2D eigenvalue weighted by Crippen LogP contribution is 2.02. The van der Waals surface area contributed by atoms with Gasteiger partial charge in [-0.15, -0.1) is 6.43 Å². The fourth-order valence-electron chi connectivity index (χ4n) is 3.22. The van der Waals surface area contributed by atoms with E-state index in [1.807, 2.05) is 23.9 Å². The third-order valence-corrected chi connectivity index (χ3v) is 6.05. The van der Waals surface area contributed by atoms with Crippen molar-refractivity contribution < 1.29 is 44.9 Å². The van der Waals surface area contributed by atoms with Gasteiger partial charge in [-0.1, -0.05) is 0 Å². The van der Waals surface area contributed by atoms with Gasteiger partial charge in [-0.3, -0.25) is 19.4 Å². The minimum absolute atomic E-state index is 0.121. The molecule has 0 aliphatic carbocycles. The van der Waals surface area contributed by atoms with Gasteiger partial charge >= 0.3 is 23.9 Å². The molecule has 0 bridgehead atoms. The van der Waals surface area contributed by atoms with Crippen LogP contribution in [0.3, 0.4) is 0 Å². The minimum Gasteiger partial charge on any atom is -0.469 e. The number of carbonyl (C=O) groups is 4. The van der Waals surface area contributed by atoms with Gasteiger partial charge in [0.05, 0.1) is 39.9 Å². The average molecular weight is 774 g/mol. The Morgan fingerprint density at radius 2 is 0.789 bits per heavy atom. The van der Waals surface area contributed by atoms with Crippen LogP contribution in [0.4, 0.5) is 0 Å². The van der Waals surface area contributed by atoms with Crippen LogP contribution in [0, 0.1) is 0 Å². The summed E-state index contributed by atoms with van der Waals surface area (Å²) in [7, 11) is 6.73. The summed E-state index contributed by atoms with van der Waals surface area (Å²) in [4.78, 5) is 63.7. The molecule has 0 amide bonds. The van der Waals surface area contributed by atoms with Crippen molar-refractivity contribution in [1.82, 2.24) is 19.6 Å². The van der Waals surface area contributed by atoms with Crippen LogP contribution in [0.5, 0.6) is 0 Å². The summed E-state index contributed by atoms with van der Waals surface area (Å²) in [6, 6.07) is 0. The van der Waals surface area contributed by atoms with Gasteiger partial charge in [0.1, 0.15) is 0 Å². The Hall–Kier alpha value is -0.900. The van der Waals surface area contributed by atoms with Crippen LogP contribution in [-0.4, -0.2) is 137 Å². The van der Waals surface area contributed by atoms with E-state index in [-0.39, 0.29) is 37.6 Å². The van der Waals surface area contributed by atoms with Crippen LogP contribution in [0.2, 0.25) is 0 Å². The summed E-state index contributed by atoms with van der Waals surface area (Å²) in [5.41, 5.74) is 0. The molecular weight excluding hydrogens is 734 g/mol. The largest absolute Gasteiger partial charge is 0.469 e. The summed E-state index contributed by atoms with van der Waals surface area (Å²) >= 11 is 2.95. The highest BCUT2D eigenvalue weighted by Gasteiger charge is 2.15. The molecule has 0 rings (SSSR count). The lowest BCUT2D eigenvalue weighted by atomic mass is 10.3. The Morgan fingerprint density at radius 3 is 1.08 bits per heavy atom. The van der Waals surface area contributed by atoms with Crippen LogP contribution < -0.4 is 0 Å². The molecule has 0 saturated carbocycles. The van der Waals surface area contributed by atoms with Crippen LogP contribution >= 0.6 is 46.0 Å². The molecule has 0 aliphatic rings. The molecule has 0 aromatic carbocycles. The van der Waals surface area contributed by atoms with Gasteiger partial charge in [0.15, 0.2) is 46.0 Å². The molecule has 0 atom stereocenters. The first kappa shape index (κ1) is 37.1. The third-order valence-electron chi connectivity index (χ3n) is 5.69. The fourth-order valence-corrected chi connectivity index (χ4v) is 3.62. The number of carbonyl (C=O) groups excluding carboxylic acids is 4. The van der Waals surface area contributed by atoms with E-state index in [0.29, 0.717) is 45.8 Å². The molecule has 0 fully saturated rings. The van der Waals surface area contributed by atoms with E-state index in [4.69, 9.17) is 9.47 Å². The van der Waals surface area contributed by atoms with E-state index < -0.39 is 11.9 Å². The lowest BCUT2D eigenvalue weighted by Crippen LogP contribution is -2.40. The number of methoxy groups -OCH3 is 2. The Balaban J connectivity index is 4.57. The normalized spacial score (nSPS) is 11.3. The van der Waals surface area contributed by atoms with Gasteiger partial charge in [0, 0.05) is 65.4 Å². The van der Waals surface area contributed by atoms with Crippen molar-refractivity contribution >= 4 is 69.9 Å². The van der Waals surface area contributed by atoms with Crippen LogP contribution in [0.25, 0.3) is 0 Å². The van der Waals surface area contributed by atoms with Crippen molar-refractivity contribution in [2.45, 2.75) is 25.7 Å². The zero-order valence-electron chi connectivity index (χ0n) is 22.5. The van der Waals surface area contributed by atoms with Gasteiger partial charge < -0.3 is 29.1 Å². The molecule has 0 saturated heterocycles. The number of likely N-dealkylation sites (N-methyl/N-ethyl adjacent to an activating group) is 2. The van der Waals surface area contributed by atoms with Crippen molar-refractivity contribution in [2.24, 2.45) is 0 Å². The number of nitrogens with zero attached hydrogens (tertiary/aromatic N) is 4. The first-order valence-electron chi connectivity index (χ1n) is 12.1. The molecule has 0 aromatic rings. The molecule has 0 radical (unpaired) electrons. The molecule has 0 spiro atoms. The zero-order valence-corrected chi connectivity index (χ0v) is 26.8. The Morgan fingerprint density at radius 1 is 0.500 bits per heavy atom. The van der Waals surface area contributed by atoms with Crippen molar-refractivity contribution in [3.8, 4) is 0 Å². The zero-order chi connectivity index (χ0) is 28.8. The monoisotopic (exact) mass is 774 g/mol. The molecule has 0 N–H and O–H groups in total. The maximum atomic E-state index is 11.6. The predicted molar refractivity (Wildman–Crippen MR) is 153 cm³/mol. The summed E-state index contributed by atoms with van der Waals surface area (Å²) in [5.74, 6) is -1.57. The minimum atomic E-state index is -0.496. The number of ether oxygens (including phenoxy) is 2. The number of hydrogen-bond donors (Lipinski definition) is 0. The first-order chi connectivity index (χ1) is 18.1. The molecule has 0 heterocycles. The second-order valence-corrected chi connectivity index (χ2v) is 9.20. The Bertz CT molecular complexity index is 651. The van der Waals surface area contributed by atoms with E-state index in [0.717, 1.165) is 19.6 Å². The summed E-state index contributed by atoms with van der Waals surface area (Å²) in [5, 5.41) is 0. The summed E-state index contributed by atoms with van der Waals surface area (Å²) in [6.45, 7) is 6.20. The van der Waals surface area contributed by atoms with E-state index in [2.05, 4.69) is 26.0 Å². The molecule has 16 heteroatoms. The number of esters is 2. The first-order valence-corrected chi connectivity index (χ1v) is 13.8. The summed E-state index contributed by atoms with van der Waals surface area (Å²) in [6.07, 6.45) is 0.754. The predicted octanol–water partition coefficient (Wildman–Crippen LogP) is 1.01. The van der Waals surface area contributed by atoms with Crippen LogP contribution in [-0.2, 0) is 44.9 Å². The maximum Gasteiger partial charge on any atom is 0.344 e. The van der Waals surface area contributed by atoms with E-state index >= 15 is 0 Å². The molecule has 0 unspecified atom stereocenters. The van der Waals surface area contributed by atoms with Gasteiger partial charge in [-0.2, -0.15) is 0 Å². The molecule has 222 valence electrons. The molecule has 38 heavy (non-hydrogen) atoms. The third kappa shape index (κ3) is 21.0. The lowest BCUT2D eigenvalue weighted by Gasteiger charge is -2.28. The van der Waals surface area contributed by atoms with Gasteiger partial charge in [0.2, 0.25) is 0 Å². The van der Waals surface area contributed by atoms with Crippen molar-refractivity contribution in [3.63, 3.8) is 0 Å². The van der Waals surface area contributed by atoms with Gasteiger partial charge in [-0.05, 0) is 14.1 Å². The van der Waals surface area contributed by atoms with Crippen LogP contribution in [0.1, 0.15) is 25.7 Å². The van der Waals surface area contributed by atoms with Crippen molar-refractivity contribution in [1.29, 1.82) is 0 Å². The van der Waals surface area contributed by atoms with Crippen molar-refractivity contribution in [3.05, 3.63) is 0 Å².